The van der Waals surface area contributed by atoms with Gasteiger partial charge < -0.3 is 15.4 Å². The maximum absolute atomic E-state index is 9.33. The summed E-state index contributed by atoms with van der Waals surface area (Å²) in [6, 6.07) is 7.50. The molecule has 2 aromatic rings. The summed E-state index contributed by atoms with van der Waals surface area (Å²) in [4.78, 5) is 0. The van der Waals surface area contributed by atoms with Crippen LogP contribution in [0.25, 0.3) is 0 Å². The van der Waals surface area contributed by atoms with Crippen molar-refractivity contribution in [2.75, 3.05) is 0 Å². The monoisotopic (exact) mass is 286 g/mol. The highest BCUT2D eigenvalue weighted by Gasteiger charge is 2.21. The molecule has 3 N–H and O–H groups in total. The van der Waals surface area contributed by atoms with E-state index in [2.05, 4.69) is 14.8 Å². The van der Waals surface area contributed by atoms with Crippen LogP contribution in [-0.2, 0) is 6.42 Å². The molecule has 5 heteroatoms. The fraction of sp³-hybridized carbons (Fsp3) is 0.500. The first-order valence-electron chi connectivity index (χ1n) is 7.67. The first-order valence-corrected chi connectivity index (χ1v) is 7.67. The summed E-state index contributed by atoms with van der Waals surface area (Å²) in [6.07, 6.45) is 8.78. The van der Waals surface area contributed by atoms with Crippen molar-refractivity contribution in [1.29, 1.82) is 0 Å². The zero-order chi connectivity index (χ0) is 14.7. The van der Waals surface area contributed by atoms with Gasteiger partial charge in [0.25, 0.3) is 0 Å². The second kappa shape index (κ2) is 6.26. The molecule has 0 bridgehead atoms. The standard InChI is InChI=1S/C16H22N4O/c17-15(10-12-6-8-14(21)9-7-12)16-19-18-11-20(16)13-4-2-1-3-5-13/h6-9,11,13,15,21H,1-5,10,17H2/t15-/m1/s1. The number of rotatable bonds is 4. The van der Waals surface area contributed by atoms with E-state index in [1.807, 2.05) is 18.5 Å². The van der Waals surface area contributed by atoms with Gasteiger partial charge in [0, 0.05) is 6.04 Å². The predicted octanol–water partition coefficient (Wildman–Crippen LogP) is 2.73. The largest absolute Gasteiger partial charge is 0.508 e. The third-order valence-electron chi connectivity index (χ3n) is 4.29. The minimum Gasteiger partial charge on any atom is -0.508 e. The summed E-state index contributed by atoms with van der Waals surface area (Å²) < 4.78 is 2.17. The molecule has 1 aliphatic carbocycles. The summed E-state index contributed by atoms with van der Waals surface area (Å²) in [6.45, 7) is 0. The molecule has 1 saturated carbocycles. The number of aromatic nitrogens is 3. The van der Waals surface area contributed by atoms with Crippen LogP contribution >= 0.6 is 0 Å². The predicted molar refractivity (Wildman–Crippen MR) is 80.9 cm³/mol. The van der Waals surface area contributed by atoms with Crippen molar-refractivity contribution in [3.05, 3.63) is 42.0 Å². The van der Waals surface area contributed by atoms with Gasteiger partial charge in [0.1, 0.15) is 17.9 Å². The van der Waals surface area contributed by atoms with Gasteiger partial charge in [-0.2, -0.15) is 0 Å². The van der Waals surface area contributed by atoms with Crippen molar-refractivity contribution >= 4 is 0 Å². The van der Waals surface area contributed by atoms with E-state index in [-0.39, 0.29) is 11.8 Å². The van der Waals surface area contributed by atoms with E-state index < -0.39 is 0 Å². The zero-order valence-corrected chi connectivity index (χ0v) is 12.2. The molecule has 3 rings (SSSR count). The van der Waals surface area contributed by atoms with E-state index in [0.29, 0.717) is 12.5 Å². The van der Waals surface area contributed by atoms with Gasteiger partial charge in [-0.05, 0) is 37.0 Å². The Morgan fingerprint density at radius 1 is 1.19 bits per heavy atom. The lowest BCUT2D eigenvalue weighted by molar-refractivity contribution is 0.340. The van der Waals surface area contributed by atoms with Crippen molar-refractivity contribution in [2.45, 2.75) is 50.6 Å². The fourth-order valence-electron chi connectivity index (χ4n) is 3.13. The van der Waals surface area contributed by atoms with Crippen molar-refractivity contribution in [3.63, 3.8) is 0 Å². The van der Waals surface area contributed by atoms with E-state index in [1.54, 1.807) is 12.1 Å². The molecule has 1 aromatic carbocycles. The van der Waals surface area contributed by atoms with Crippen LogP contribution in [-0.4, -0.2) is 19.9 Å². The molecular formula is C16H22N4O. The highest BCUT2D eigenvalue weighted by atomic mass is 16.3. The van der Waals surface area contributed by atoms with Crippen molar-refractivity contribution in [1.82, 2.24) is 14.8 Å². The molecule has 112 valence electrons. The van der Waals surface area contributed by atoms with E-state index in [4.69, 9.17) is 5.73 Å². The van der Waals surface area contributed by atoms with E-state index in [9.17, 15) is 5.11 Å². The molecule has 1 aromatic heterocycles. The van der Waals surface area contributed by atoms with Gasteiger partial charge in [-0.25, -0.2) is 0 Å². The lowest BCUT2D eigenvalue weighted by Gasteiger charge is -2.25. The van der Waals surface area contributed by atoms with Gasteiger partial charge in [0.2, 0.25) is 0 Å². The van der Waals surface area contributed by atoms with Crippen LogP contribution in [0.2, 0.25) is 0 Å². The molecule has 1 heterocycles. The van der Waals surface area contributed by atoms with Crippen LogP contribution in [0.5, 0.6) is 5.75 Å². The van der Waals surface area contributed by atoms with Crippen LogP contribution in [0.3, 0.4) is 0 Å². The van der Waals surface area contributed by atoms with Crippen molar-refractivity contribution in [3.8, 4) is 5.75 Å². The number of aromatic hydroxyl groups is 1. The average molecular weight is 286 g/mol. The highest BCUT2D eigenvalue weighted by molar-refractivity contribution is 5.26. The van der Waals surface area contributed by atoms with E-state index in [0.717, 1.165) is 11.4 Å². The van der Waals surface area contributed by atoms with Gasteiger partial charge in [-0.1, -0.05) is 31.4 Å². The van der Waals surface area contributed by atoms with Gasteiger partial charge in [-0.15, -0.1) is 10.2 Å². The highest BCUT2D eigenvalue weighted by Crippen LogP contribution is 2.30. The fourth-order valence-corrected chi connectivity index (χ4v) is 3.13. The van der Waals surface area contributed by atoms with Crippen LogP contribution in [0.4, 0.5) is 0 Å². The number of hydrogen-bond donors (Lipinski definition) is 2. The molecule has 21 heavy (non-hydrogen) atoms. The van der Waals surface area contributed by atoms with E-state index >= 15 is 0 Å². The molecule has 0 spiro atoms. The Morgan fingerprint density at radius 3 is 2.62 bits per heavy atom. The minimum atomic E-state index is -0.168. The topological polar surface area (TPSA) is 77.0 Å². The SMILES string of the molecule is N[C@H](Cc1ccc(O)cc1)c1nncn1C1CCCCC1. The van der Waals surface area contributed by atoms with E-state index in [1.165, 1.54) is 32.1 Å². The summed E-state index contributed by atoms with van der Waals surface area (Å²) in [5, 5.41) is 17.6. The molecule has 1 atom stereocenters. The average Bonchev–Trinajstić information content (AvgIpc) is 3.00. The second-order valence-corrected chi connectivity index (χ2v) is 5.87. The Balaban J connectivity index is 1.74. The maximum Gasteiger partial charge on any atom is 0.150 e. The molecule has 1 aliphatic rings. The molecule has 5 nitrogen and oxygen atoms in total. The molecule has 0 amide bonds. The van der Waals surface area contributed by atoms with Gasteiger partial charge in [0.15, 0.2) is 0 Å². The number of hydrogen-bond acceptors (Lipinski definition) is 4. The normalized spacial score (nSPS) is 17.8. The van der Waals surface area contributed by atoms with Crippen molar-refractivity contribution in [2.24, 2.45) is 5.73 Å². The Labute approximate surface area is 124 Å². The number of phenols is 1. The third kappa shape index (κ3) is 3.24. The van der Waals surface area contributed by atoms with Gasteiger partial charge in [0.05, 0.1) is 6.04 Å². The smallest absolute Gasteiger partial charge is 0.150 e. The summed E-state index contributed by atoms with van der Waals surface area (Å²) in [7, 11) is 0. The quantitative estimate of drug-likeness (QED) is 0.906. The summed E-state index contributed by atoms with van der Waals surface area (Å²) in [5.74, 6) is 1.15. The number of benzene rings is 1. The van der Waals surface area contributed by atoms with Gasteiger partial charge in [-0.3, -0.25) is 0 Å². The second-order valence-electron chi connectivity index (χ2n) is 5.87. The molecule has 0 unspecified atom stereocenters. The van der Waals surface area contributed by atoms with Crippen LogP contribution < -0.4 is 5.73 Å². The maximum atomic E-state index is 9.33. The van der Waals surface area contributed by atoms with Crippen molar-refractivity contribution < 1.29 is 5.11 Å². The van der Waals surface area contributed by atoms with Crippen LogP contribution in [0, 0.1) is 0 Å². The van der Waals surface area contributed by atoms with Gasteiger partial charge >= 0.3 is 0 Å². The summed E-state index contributed by atoms with van der Waals surface area (Å²) in [5.41, 5.74) is 7.43. The van der Waals surface area contributed by atoms with Crippen LogP contribution in [0.1, 0.15) is 55.6 Å². The molecule has 0 aliphatic heterocycles. The number of nitrogens with zero attached hydrogens (tertiary/aromatic N) is 3. The minimum absolute atomic E-state index is 0.168. The first kappa shape index (κ1) is 14.1. The Kier molecular flexibility index (Phi) is 4.20. The Bertz CT molecular complexity index is 572. The van der Waals surface area contributed by atoms with Crippen LogP contribution in [0.15, 0.2) is 30.6 Å². The third-order valence-corrected chi connectivity index (χ3v) is 4.29. The Morgan fingerprint density at radius 2 is 1.90 bits per heavy atom. The summed E-state index contributed by atoms with van der Waals surface area (Å²) >= 11 is 0. The molecule has 0 radical (unpaired) electrons. The number of phenolic OH excluding ortho intramolecular Hbond substituents is 1. The Hall–Kier alpha value is -1.88. The lowest BCUT2D eigenvalue weighted by Crippen LogP contribution is -2.22. The number of nitrogens with two attached hydrogens (primary N) is 1. The lowest BCUT2D eigenvalue weighted by atomic mass is 9.95. The molecular weight excluding hydrogens is 264 g/mol. The first-order chi connectivity index (χ1) is 10.2. The molecule has 1 fully saturated rings. The molecule has 0 saturated heterocycles. The zero-order valence-electron chi connectivity index (χ0n) is 12.2.